The smallest absolute Gasteiger partial charge is 0.254 e. The van der Waals surface area contributed by atoms with Gasteiger partial charge in [-0.15, -0.1) is 0 Å². The van der Waals surface area contributed by atoms with Crippen LogP contribution in [0.15, 0.2) is 18.2 Å². The van der Waals surface area contributed by atoms with Crippen LogP contribution in [0.5, 0.6) is 0 Å². The van der Waals surface area contributed by atoms with Gasteiger partial charge in [0.1, 0.15) is 12.4 Å². The SMILES string of the molecule is CN(CC#N)C(=O)c1ccc(Cl)c(F)c1. The number of benzene rings is 1. The minimum Gasteiger partial charge on any atom is -0.328 e. The largest absolute Gasteiger partial charge is 0.328 e. The Balaban J connectivity index is 2.93. The predicted molar refractivity (Wildman–Crippen MR) is 54.0 cm³/mol. The van der Waals surface area contributed by atoms with Crippen molar-refractivity contribution in [3.8, 4) is 6.07 Å². The van der Waals surface area contributed by atoms with Gasteiger partial charge in [-0.25, -0.2) is 4.39 Å². The third-order valence-corrected chi connectivity index (χ3v) is 2.13. The summed E-state index contributed by atoms with van der Waals surface area (Å²) in [4.78, 5) is 12.8. The first-order valence-corrected chi connectivity index (χ1v) is 4.51. The summed E-state index contributed by atoms with van der Waals surface area (Å²) in [6, 6.07) is 5.61. The molecule has 78 valence electrons. The molecule has 0 heterocycles. The molecule has 1 amide bonds. The van der Waals surface area contributed by atoms with Crippen molar-refractivity contribution in [2.45, 2.75) is 0 Å². The van der Waals surface area contributed by atoms with Crippen molar-refractivity contribution in [3.63, 3.8) is 0 Å². The van der Waals surface area contributed by atoms with Gasteiger partial charge in [-0.3, -0.25) is 4.79 Å². The summed E-state index contributed by atoms with van der Waals surface area (Å²) in [6.07, 6.45) is 0. The molecule has 3 nitrogen and oxygen atoms in total. The Kier molecular flexibility index (Phi) is 3.64. The minimum atomic E-state index is -0.645. The molecule has 5 heteroatoms. The van der Waals surface area contributed by atoms with Gasteiger partial charge in [0.2, 0.25) is 0 Å². The van der Waals surface area contributed by atoms with Gasteiger partial charge in [0.25, 0.3) is 5.91 Å². The van der Waals surface area contributed by atoms with Crippen LogP contribution in [0.2, 0.25) is 5.02 Å². The molecule has 0 aliphatic carbocycles. The number of halogens is 2. The van der Waals surface area contributed by atoms with Crippen LogP contribution >= 0.6 is 11.6 Å². The van der Waals surface area contributed by atoms with E-state index in [4.69, 9.17) is 16.9 Å². The van der Waals surface area contributed by atoms with E-state index >= 15 is 0 Å². The number of carbonyl (C=O) groups is 1. The van der Waals surface area contributed by atoms with Crippen LogP contribution in [0.1, 0.15) is 10.4 Å². The van der Waals surface area contributed by atoms with Crippen LogP contribution in [0.25, 0.3) is 0 Å². The van der Waals surface area contributed by atoms with Gasteiger partial charge in [0.15, 0.2) is 0 Å². The lowest BCUT2D eigenvalue weighted by Crippen LogP contribution is -2.26. The fourth-order valence-corrected chi connectivity index (χ4v) is 1.14. The monoisotopic (exact) mass is 226 g/mol. The molecular weight excluding hydrogens is 219 g/mol. The predicted octanol–water partition coefficient (Wildman–Crippen LogP) is 2.07. The van der Waals surface area contributed by atoms with Gasteiger partial charge in [0.05, 0.1) is 11.1 Å². The Morgan fingerprint density at radius 3 is 2.87 bits per heavy atom. The van der Waals surface area contributed by atoms with Gasteiger partial charge in [-0.05, 0) is 18.2 Å². The Hall–Kier alpha value is -1.60. The van der Waals surface area contributed by atoms with E-state index in [1.165, 1.54) is 24.1 Å². The van der Waals surface area contributed by atoms with E-state index in [0.29, 0.717) is 0 Å². The Morgan fingerprint density at radius 1 is 1.67 bits per heavy atom. The molecule has 1 rings (SSSR count). The zero-order valence-corrected chi connectivity index (χ0v) is 8.75. The van der Waals surface area contributed by atoms with Gasteiger partial charge in [0, 0.05) is 12.6 Å². The molecule has 0 spiro atoms. The Labute approximate surface area is 91.7 Å². The molecule has 1 aromatic carbocycles. The molecule has 0 aromatic heterocycles. The van der Waals surface area contributed by atoms with Crippen LogP contribution in [0.4, 0.5) is 4.39 Å². The van der Waals surface area contributed by atoms with E-state index in [9.17, 15) is 9.18 Å². The summed E-state index contributed by atoms with van der Waals surface area (Å²) >= 11 is 5.47. The molecule has 15 heavy (non-hydrogen) atoms. The number of nitriles is 1. The summed E-state index contributed by atoms with van der Waals surface area (Å²) in [7, 11) is 1.47. The Bertz CT molecular complexity index is 428. The number of nitrogens with zero attached hydrogens (tertiary/aromatic N) is 2. The van der Waals surface area contributed by atoms with Crippen molar-refractivity contribution in [1.82, 2.24) is 4.90 Å². The van der Waals surface area contributed by atoms with Gasteiger partial charge in [-0.2, -0.15) is 5.26 Å². The van der Waals surface area contributed by atoms with Crippen LogP contribution in [-0.4, -0.2) is 24.4 Å². The van der Waals surface area contributed by atoms with Crippen LogP contribution in [0.3, 0.4) is 0 Å². The average molecular weight is 227 g/mol. The number of carbonyl (C=O) groups excluding carboxylic acids is 1. The van der Waals surface area contributed by atoms with E-state index in [1.54, 1.807) is 0 Å². The minimum absolute atomic E-state index is 0.0329. The lowest BCUT2D eigenvalue weighted by Gasteiger charge is -2.12. The molecule has 0 fully saturated rings. The lowest BCUT2D eigenvalue weighted by atomic mass is 10.2. The maximum atomic E-state index is 13.0. The molecule has 0 radical (unpaired) electrons. The zero-order valence-electron chi connectivity index (χ0n) is 8.00. The highest BCUT2D eigenvalue weighted by Gasteiger charge is 2.12. The highest BCUT2D eigenvalue weighted by Crippen LogP contribution is 2.16. The second-order valence-corrected chi connectivity index (χ2v) is 3.36. The van der Waals surface area contributed by atoms with Crippen molar-refractivity contribution in [2.75, 3.05) is 13.6 Å². The van der Waals surface area contributed by atoms with E-state index in [1.807, 2.05) is 6.07 Å². The summed E-state index contributed by atoms with van der Waals surface area (Å²) in [5.41, 5.74) is 0.176. The standard InChI is InChI=1S/C10H8ClFN2O/c1-14(5-4-13)10(15)7-2-3-8(11)9(12)6-7/h2-3,6H,5H2,1H3. The molecule has 0 unspecified atom stereocenters. The Morgan fingerprint density at radius 2 is 2.33 bits per heavy atom. The second kappa shape index (κ2) is 4.76. The first kappa shape index (κ1) is 11.5. The van der Waals surface area contributed by atoms with E-state index in [-0.39, 0.29) is 17.1 Å². The van der Waals surface area contributed by atoms with Crippen LogP contribution in [0, 0.1) is 17.1 Å². The molecular formula is C10H8ClFN2O. The van der Waals surface area contributed by atoms with Crippen molar-refractivity contribution in [3.05, 3.63) is 34.6 Å². The van der Waals surface area contributed by atoms with E-state index in [0.717, 1.165) is 6.07 Å². The molecule has 0 atom stereocenters. The number of rotatable bonds is 2. The van der Waals surface area contributed by atoms with Crippen molar-refractivity contribution in [1.29, 1.82) is 5.26 Å². The van der Waals surface area contributed by atoms with Gasteiger partial charge >= 0.3 is 0 Å². The topological polar surface area (TPSA) is 44.1 Å². The molecule has 0 saturated heterocycles. The molecule has 1 aromatic rings. The molecule has 0 N–H and O–H groups in total. The normalized spacial score (nSPS) is 9.47. The first-order valence-electron chi connectivity index (χ1n) is 4.13. The van der Waals surface area contributed by atoms with E-state index in [2.05, 4.69) is 0 Å². The average Bonchev–Trinajstić information content (AvgIpc) is 2.21. The maximum Gasteiger partial charge on any atom is 0.254 e. The highest BCUT2D eigenvalue weighted by atomic mass is 35.5. The first-order chi connectivity index (χ1) is 7.06. The summed E-state index contributed by atoms with van der Waals surface area (Å²) in [6.45, 7) is -0.0386. The quantitative estimate of drug-likeness (QED) is 0.725. The van der Waals surface area contributed by atoms with Crippen molar-refractivity contribution < 1.29 is 9.18 Å². The lowest BCUT2D eigenvalue weighted by molar-refractivity contribution is 0.0811. The van der Waals surface area contributed by atoms with Crippen molar-refractivity contribution in [2.24, 2.45) is 0 Å². The van der Waals surface area contributed by atoms with Gasteiger partial charge < -0.3 is 4.90 Å². The summed E-state index contributed by atoms with van der Waals surface area (Å²) in [5.74, 6) is -1.06. The summed E-state index contributed by atoms with van der Waals surface area (Å²) in [5, 5.41) is 8.36. The molecule has 0 aliphatic heterocycles. The van der Waals surface area contributed by atoms with E-state index < -0.39 is 11.7 Å². The number of hydrogen-bond acceptors (Lipinski definition) is 2. The number of hydrogen-bond donors (Lipinski definition) is 0. The third kappa shape index (κ3) is 2.67. The maximum absolute atomic E-state index is 13.0. The number of amides is 1. The molecule has 0 bridgehead atoms. The van der Waals surface area contributed by atoms with Gasteiger partial charge in [-0.1, -0.05) is 11.6 Å². The fourth-order valence-electron chi connectivity index (χ4n) is 1.03. The zero-order chi connectivity index (χ0) is 11.4. The van der Waals surface area contributed by atoms with Crippen LogP contribution in [-0.2, 0) is 0 Å². The highest BCUT2D eigenvalue weighted by molar-refractivity contribution is 6.30. The summed E-state index contributed by atoms with van der Waals surface area (Å²) < 4.78 is 13.0. The fraction of sp³-hybridized carbons (Fsp3) is 0.200. The van der Waals surface area contributed by atoms with Crippen LogP contribution < -0.4 is 0 Å². The molecule has 0 aliphatic rings. The third-order valence-electron chi connectivity index (χ3n) is 1.82. The second-order valence-electron chi connectivity index (χ2n) is 2.95. The van der Waals surface area contributed by atoms with Crippen molar-refractivity contribution >= 4 is 17.5 Å². The molecule has 0 saturated carbocycles.